The van der Waals surface area contributed by atoms with Crippen molar-refractivity contribution < 1.29 is 0 Å². The lowest BCUT2D eigenvalue weighted by atomic mass is 10.1. The molecule has 0 bridgehead atoms. The lowest BCUT2D eigenvalue weighted by Crippen LogP contribution is -2.43. The van der Waals surface area contributed by atoms with E-state index in [-0.39, 0.29) is 5.56 Å². The van der Waals surface area contributed by atoms with Crippen LogP contribution in [0.5, 0.6) is 0 Å². The van der Waals surface area contributed by atoms with Crippen molar-refractivity contribution in [2.45, 2.75) is 20.4 Å². The van der Waals surface area contributed by atoms with Gasteiger partial charge in [-0.15, -0.1) is 0 Å². The van der Waals surface area contributed by atoms with Gasteiger partial charge in [0, 0.05) is 19.6 Å². The fourth-order valence-corrected chi connectivity index (χ4v) is 3.83. The van der Waals surface area contributed by atoms with E-state index in [9.17, 15) is 4.79 Å². The highest BCUT2D eigenvalue weighted by molar-refractivity contribution is 5.77. The number of hydrogen-bond acceptors (Lipinski definition) is 7. The van der Waals surface area contributed by atoms with Gasteiger partial charge in [-0.2, -0.15) is 0 Å². The molecule has 0 unspecified atom stereocenters. The van der Waals surface area contributed by atoms with Gasteiger partial charge in [0.05, 0.1) is 34.3 Å². The molecule has 160 valence electrons. The van der Waals surface area contributed by atoms with Gasteiger partial charge in [0.15, 0.2) is 11.2 Å². The van der Waals surface area contributed by atoms with E-state index < -0.39 is 0 Å². The maximum Gasteiger partial charge on any atom is 0.279 e. The summed E-state index contributed by atoms with van der Waals surface area (Å²) in [5, 5.41) is 3.74. The molecule has 1 aliphatic rings. The number of aryl methyl sites for hydroxylation is 2. The molecule has 1 aliphatic heterocycles. The lowest BCUT2D eigenvalue weighted by molar-refractivity contribution is 0.671. The predicted molar refractivity (Wildman–Crippen MR) is 125 cm³/mol. The Balaban J connectivity index is 1.40. The molecule has 3 heterocycles. The van der Waals surface area contributed by atoms with E-state index in [1.54, 1.807) is 6.20 Å². The molecule has 4 aromatic rings. The number of hydrogen-bond donors (Lipinski definition) is 2. The van der Waals surface area contributed by atoms with Crippen LogP contribution in [0.2, 0.25) is 0 Å². The Labute approximate surface area is 184 Å². The lowest BCUT2D eigenvalue weighted by Gasteiger charge is -2.28. The second-order valence-electron chi connectivity index (χ2n) is 7.90. The van der Waals surface area contributed by atoms with Crippen molar-refractivity contribution in [3.63, 3.8) is 0 Å². The number of nitrogens with one attached hydrogen (secondary N) is 2. The number of anilines is 2. The SMILES string of the molecule is C=c1nc2c(c(=O)[nH]1)=Nc1cc(C)c(C)cc1N2CCNCc1cnc2ccccc2n1. The van der Waals surface area contributed by atoms with Gasteiger partial charge in [-0.3, -0.25) is 9.78 Å². The molecular formula is C24H23N7O. The summed E-state index contributed by atoms with van der Waals surface area (Å²) in [7, 11) is 0. The zero-order chi connectivity index (χ0) is 22.2. The van der Waals surface area contributed by atoms with Crippen LogP contribution in [0.4, 0.5) is 17.2 Å². The van der Waals surface area contributed by atoms with Gasteiger partial charge in [-0.25, -0.2) is 15.0 Å². The second-order valence-corrected chi connectivity index (χ2v) is 7.90. The van der Waals surface area contributed by atoms with E-state index >= 15 is 0 Å². The average Bonchev–Trinajstić information content (AvgIpc) is 2.77. The van der Waals surface area contributed by atoms with Gasteiger partial charge in [0.1, 0.15) is 5.48 Å². The summed E-state index contributed by atoms with van der Waals surface area (Å²) in [6.07, 6.45) is 1.79. The first-order valence-electron chi connectivity index (χ1n) is 10.5. The van der Waals surface area contributed by atoms with Crippen LogP contribution in [0.25, 0.3) is 17.6 Å². The molecule has 0 aliphatic carbocycles. The minimum absolute atomic E-state index is 0.284. The minimum atomic E-state index is -0.284. The molecule has 32 heavy (non-hydrogen) atoms. The van der Waals surface area contributed by atoms with Crippen LogP contribution in [0.15, 0.2) is 52.4 Å². The average molecular weight is 425 g/mol. The van der Waals surface area contributed by atoms with Gasteiger partial charge in [-0.05, 0) is 49.2 Å². The van der Waals surface area contributed by atoms with Crippen LogP contribution in [0.1, 0.15) is 16.8 Å². The molecule has 0 saturated carbocycles. The Morgan fingerprint density at radius 1 is 1.09 bits per heavy atom. The Kier molecular flexibility index (Phi) is 4.99. The van der Waals surface area contributed by atoms with E-state index in [1.807, 2.05) is 42.2 Å². The summed E-state index contributed by atoms with van der Waals surface area (Å²) in [6, 6.07) is 11.9. The van der Waals surface area contributed by atoms with Gasteiger partial charge >= 0.3 is 0 Å². The van der Waals surface area contributed by atoms with Gasteiger partial charge in [0.25, 0.3) is 5.56 Å². The molecular weight excluding hydrogens is 402 g/mol. The van der Waals surface area contributed by atoms with Crippen molar-refractivity contribution in [1.29, 1.82) is 0 Å². The quantitative estimate of drug-likeness (QED) is 0.474. The van der Waals surface area contributed by atoms with Gasteiger partial charge < -0.3 is 15.2 Å². The predicted octanol–water partition coefficient (Wildman–Crippen LogP) is 1.93. The molecule has 2 aromatic heterocycles. The summed E-state index contributed by atoms with van der Waals surface area (Å²) in [5.74, 6) is 0.529. The molecule has 0 fully saturated rings. The third-order valence-corrected chi connectivity index (χ3v) is 5.61. The zero-order valence-electron chi connectivity index (χ0n) is 18.0. The van der Waals surface area contributed by atoms with E-state index in [0.29, 0.717) is 36.3 Å². The smallest absolute Gasteiger partial charge is 0.279 e. The molecule has 2 aromatic carbocycles. The molecule has 0 saturated heterocycles. The third kappa shape index (κ3) is 3.65. The van der Waals surface area contributed by atoms with Crippen LogP contribution in [-0.4, -0.2) is 33.0 Å². The topological polar surface area (TPSA) is 99.2 Å². The van der Waals surface area contributed by atoms with Gasteiger partial charge in [0.2, 0.25) is 0 Å². The van der Waals surface area contributed by atoms with Gasteiger partial charge in [-0.1, -0.05) is 18.7 Å². The van der Waals surface area contributed by atoms with Crippen LogP contribution in [0.3, 0.4) is 0 Å². The molecule has 0 spiro atoms. The van der Waals surface area contributed by atoms with Crippen molar-refractivity contribution in [1.82, 2.24) is 25.3 Å². The van der Waals surface area contributed by atoms with Crippen LogP contribution in [0, 0.1) is 13.8 Å². The molecule has 0 radical (unpaired) electrons. The number of aromatic nitrogens is 4. The molecule has 2 N–H and O–H groups in total. The Hall–Kier alpha value is -3.91. The third-order valence-electron chi connectivity index (χ3n) is 5.61. The van der Waals surface area contributed by atoms with E-state index in [0.717, 1.165) is 39.2 Å². The first kappa shape index (κ1) is 20.0. The van der Waals surface area contributed by atoms with Crippen LogP contribution < -0.4 is 26.6 Å². The largest absolute Gasteiger partial charge is 0.321 e. The summed E-state index contributed by atoms with van der Waals surface area (Å²) >= 11 is 0. The molecule has 0 amide bonds. The summed E-state index contributed by atoms with van der Waals surface area (Å²) < 4.78 is 0. The summed E-state index contributed by atoms with van der Waals surface area (Å²) in [5.41, 5.74) is 6.66. The van der Waals surface area contributed by atoms with Crippen molar-refractivity contribution in [2.24, 2.45) is 4.99 Å². The minimum Gasteiger partial charge on any atom is -0.321 e. The first-order valence-corrected chi connectivity index (χ1v) is 10.5. The second kappa shape index (κ2) is 7.97. The number of aromatic amines is 1. The van der Waals surface area contributed by atoms with E-state index in [4.69, 9.17) is 0 Å². The molecule has 8 heteroatoms. The Bertz CT molecular complexity index is 1510. The number of rotatable bonds is 5. The Morgan fingerprint density at radius 3 is 2.72 bits per heavy atom. The summed E-state index contributed by atoms with van der Waals surface area (Å²) in [6.45, 7) is 9.76. The van der Waals surface area contributed by atoms with E-state index in [1.165, 1.54) is 0 Å². The number of H-pyrrole nitrogens is 1. The summed E-state index contributed by atoms with van der Waals surface area (Å²) in [4.78, 5) is 35.4. The highest BCUT2D eigenvalue weighted by atomic mass is 16.1. The molecule has 8 nitrogen and oxygen atoms in total. The number of benzene rings is 2. The normalized spacial score (nSPS) is 12.4. The van der Waals surface area contributed by atoms with Crippen LogP contribution >= 0.6 is 0 Å². The fraction of sp³-hybridized carbons (Fsp3) is 0.208. The highest BCUT2D eigenvalue weighted by Gasteiger charge is 2.23. The monoisotopic (exact) mass is 425 g/mol. The number of para-hydroxylation sites is 2. The number of nitrogens with zero attached hydrogens (tertiary/aromatic N) is 5. The maximum atomic E-state index is 12.5. The maximum absolute atomic E-state index is 12.5. The Morgan fingerprint density at radius 2 is 1.88 bits per heavy atom. The standard InChI is InChI=1S/C24H23N7O/c1-14-10-20-21(11-15(14)2)31(23-22(30-20)24(32)28-16(3)27-23)9-8-25-12-17-13-26-18-6-4-5-7-19(18)29-17/h4-7,10-11,13,25H,3,8-9,12H2,1-2H3,(H,28,32). The van der Waals surface area contributed by atoms with Crippen molar-refractivity contribution in [3.05, 3.63) is 80.6 Å². The van der Waals surface area contributed by atoms with Crippen LogP contribution in [-0.2, 0) is 6.54 Å². The highest BCUT2D eigenvalue weighted by Crippen LogP contribution is 2.36. The molecule has 0 atom stereocenters. The van der Waals surface area contributed by atoms with Crippen molar-refractivity contribution in [3.8, 4) is 0 Å². The zero-order valence-corrected chi connectivity index (χ0v) is 18.0. The first-order chi connectivity index (χ1) is 15.5. The number of fused-ring (bicyclic) bond motifs is 3. The van der Waals surface area contributed by atoms with Crippen molar-refractivity contribution in [2.75, 3.05) is 18.0 Å². The van der Waals surface area contributed by atoms with Crippen molar-refractivity contribution >= 4 is 34.8 Å². The van der Waals surface area contributed by atoms with E-state index in [2.05, 4.69) is 49.8 Å². The fourth-order valence-electron chi connectivity index (χ4n) is 3.83. The molecule has 5 rings (SSSR count).